The first-order valence-corrected chi connectivity index (χ1v) is 16.8. The van der Waals surface area contributed by atoms with Gasteiger partial charge in [-0.15, -0.1) is 12.8 Å². The third-order valence-electron chi connectivity index (χ3n) is 8.26. The van der Waals surface area contributed by atoms with E-state index in [1.807, 2.05) is 0 Å². The third kappa shape index (κ3) is 11.5. The van der Waals surface area contributed by atoms with Crippen molar-refractivity contribution in [3.63, 3.8) is 0 Å². The summed E-state index contributed by atoms with van der Waals surface area (Å²) in [6, 6.07) is 13.0. The van der Waals surface area contributed by atoms with Gasteiger partial charge in [-0.3, -0.25) is 0 Å². The van der Waals surface area contributed by atoms with Gasteiger partial charge in [0.2, 0.25) is 0 Å². The standard InChI is InChI=1S/C40H44F6O6/c1-5-33(51-35(47)37(49-3,39(41,42)43)31-25-19-17-20-26-31)29-23-15-13-11-9-7-8-10-12-14-16-24-30-34(6-2)52-36(48)38(50-4,40(44,45)46)32-27-21-18-22-28-32/h1-2,17-30,33-34H,7-16H2,3-4H3/b29-23+,30-24+/t33-,34-,37+,38+/m1/s1. The van der Waals surface area contributed by atoms with Gasteiger partial charge >= 0.3 is 24.3 Å². The van der Waals surface area contributed by atoms with Crippen LogP contribution in [0.4, 0.5) is 26.3 Å². The molecule has 0 aliphatic rings. The molecule has 0 heterocycles. The van der Waals surface area contributed by atoms with E-state index < -0.39 is 58.8 Å². The predicted octanol–water partition coefficient (Wildman–Crippen LogP) is 9.30. The zero-order chi connectivity index (χ0) is 38.7. The van der Waals surface area contributed by atoms with E-state index in [0.29, 0.717) is 12.8 Å². The Morgan fingerprint density at radius 2 is 0.904 bits per heavy atom. The summed E-state index contributed by atoms with van der Waals surface area (Å²) < 4.78 is 104. The molecule has 0 radical (unpaired) electrons. The molecule has 2 aromatic rings. The van der Waals surface area contributed by atoms with Gasteiger partial charge < -0.3 is 18.9 Å². The highest BCUT2D eigenvalue weighted by molar-refractivity contribution is 5.83. The highest BCUT2D eigenvalue weighted by Crippen LogP contribution is 2.44. The Bertz CT molecular complexity index is 1410. The SMILES string of the molecule is C#C[C@H](/C=C/CCCCCCCCCC/C=C/[C@@H](C#C)OC(=O)[C@@](OC)(c1ccccc1)C(F)(F)F)OC(=O)[C@@](OC)(c1ccccc1)C(F)(F)F. The maximum Gasteiger partial charge on any atom is 0.432 e. The molecule has 0 N–H and O–H groups in total. The van der Waals surface area contributed by atoms with Crippen LogP contribution in [0.3, 0.4) is 0 Å². The number of halogens is 6. The summed E-state index contributed by atoms with van der Waals surface area (Å²) in [5.41, 5.74) is -7.48. The van der Waals surface area contributed by atoms with Gasteiger partial charge in [0.05, 0.1) is 0 Å². The number of terminal acetylenes is 2. The Kier molecular flexibility index (Phi) is 17.7. The van der Waals surface area contributed by atoms with E-state index in [-0.39, 0.29) is 0 Å². The van der Waals surface area contributed by atoms with Gasteiger partial charge in [-0.2, -0.15) is 26.3 Å². The van der Waals surface area contributed by atoms with E-state index in [9.17, 15) is 35.9 Å². The highest BCUT2D eigenvalue weighted by Gasteiger charge is 2.65. The number of unbranched alkanes of at least 4 members (excludes halogenated alkanes) is 9. The van der Waals surface area contributed by atoms with Crippen LogP contribution in [0, 0.1) is 24.7 Å². The highest BCUT2D eigenvalue weighted by atomic mass is 19.4. The molecule has 52 heavy (non-hydrogen) atoms. The fourth-order valence-electron chi connectivity index (χ4n) is 5.45. The lowest BCUT2D eigenvalue weighted by Crippen LogP contribution is -2.52. The number of ether oxygens (including phenoxy) is 4. The van der Waals surface area contributed by atoms with Crippen LogP contribution in [-0.4, -0.2) is 50.7 Å². The summed E-state index contributed by atoms with van der Waals surface area (Å²) in [5, 5.41) is 0. The van der Waals surface area contributed by atoms with Crippen molar-refractivity contribution >= 4 is 11.9 Å². The quantitative estimate of drug-likeness (QED) is 0.0419. The van der Waals surface area contributed by atoms with E-state index >= 15 is 0 Å². The number of hydrogen-bond donors (Lipinski definition) is 0. The molecule has 0 aliphatic carbocycles. The zero-order valence-electron chi connectivity index (χ0n) is 29.2. The number of carbonyl (C=O) groups excluding carboxylic acids is 2. The van der Waals surface area contributed by atoms with Crippen LogP contribution in [0.25, 0.3) is 0 Å². The first kappa shape index (κ1) is 43.6. The number of alkyl halides is 6. The summed E-state index contributed by atoms with van der Waals surface area (Å²) >= 11 is 0. The minimum absolute atomic E-state index is 0.422. The minimum Gasteiger partial charge on any atom is -0.442 e. The summed E-state index contributed by atoms with van der Waals surface area (Å²) in [6.07, 6.45) is 12.7. The van der Waals surface area contributed by atoms with Crippen LogP contribution in [0.5, 0.6) is 0 Å². The zero-order valence-corrected chi connectivity index (χ0v) is 29.2. The first-order chi connectivity index (χ1) is 24.7. The Labute approximate surface area is 301 Å². The molecular weight excluding hydrogens is 690 g/mol. The van der Waals surface area contributed by atoms with Gasteiger partial charge in [0, 0.05) is 25.3 Å². The van der Waals surface area contributed by atoms with Gasteiger partial charge in [-0.1, -0.05) is 123 Å². The number of benzene rings is 2. The Morgan fingerprint density at radius 1 is 0.596 bits per heavy atom. The molecule has 2 aromatic carbocycles. The molecular formula is C40H44F6O6. The van der Waals surface area contributed by atoms with Crippen molar-refractivity contribution in [3.05, 3.63) is 96.1 Å². The van der Waals surface area contributed by atoms with E-state index in [2.05, 4.69) is 11.8 Å². The van der Waals surface area contributed by atoms with Crippen molar-refractivity contribution in [1.29, 1.82) is 0 Å². The maximum absolute atomic E-state index is 14.1. The van der Waals surface area contributed by atoms with Crippen LogP contribution >= 0.6 is 0 Å². The molecule has 0 amide bonds. The molecule has 0 spiro atoms. The second kappa shape index (κ2) is 21.1. The number of rotatable bonds is 21. The number of hydrogen-bond acceptors (Lipinski definition) is 6. The number of carbonyl (C=O) groups is 2. The van der Waals surface area contributed by atoms with Crippen LogP contribution in [0.2, 0.25) is 0 Å². The lowest BCUT2D eigenvalue weighted by atomic mass is 9.92. The van der Waals surface area contributed by atoms with E-state index in [4.69, 9.17) is 31.8 Å². The van der Waals surface area contributed by atoms with Crippen LogP contribution < -0.4 is 0 Å². The van der Waals surface area contributed by atoms with Crippen molar-refractivity contribution in [2.45, 2.75) is 100.0 Å². The number of allylic oxidation sites excluding steroid dienone is 2. The fraction of sp³-hybridized carbons (Fsp3) is 0.450. The molecule has 4 atom stereocenters. The van der Waals surface area contributed by atoms with Crippen molar-refractivity contribution in [2.75, 3.05) is 14.2 Å². The van der Waals surface area contributed by atoms with Crippen LogP contribution in [-0.2, 0) is 39.7 Å². The fourth-order valence-corrected chi connectivity index (χ4v) is 5.45. The molecule has 2 rings (SSSR count). The van der Waals surface area contributed by atoms with Crippen LogP contribution in [0.15, 0.2) is 85.0 Å². The van der Waals surface area contributed by atoms with Gasteiger partial charge in [0.15, 0.2) is 12.2 Å². The van der Waals surface area contributed by atoms with Crippen molar-refractivity contribution < 1.29 is 54.9 Å². The molecule has 282 valence electrons. The van der Waals surface area contributed by atoms with Gasteiger partial charge in [-0.05, 0) is 37.8 Å². The Hall–Kier alpha value is -4.52. The molecule has 0 bridgehead atoms. The average Bonchev–Trinajstić information content (AvgIpc) is 3.11. The molecule has 12 heteroatoms. The minimum atomic E-state index is -5.10. The first-order valence-electron chi connectivity index (χ1n) is 16.8. The van der Waals surface area contributed by atoms with Gasteiger partial charge in [0.25, 0.3) is 11.2 Å². The second-order valence-electron chi connectivity index (χ2n) is 11.7. The maximum atomic E-state index is 14.1. The number of methoxy groups -OCH3 is 2. The molecule has 0 saturated heterocycles. The predicted molar refractivity (Wildman–Crippen MR) is 184 cm³/mol. The van der Waals surface area contributed by atoms with E-state index in [1.165, 1.54) is 48.6 Å². The summed E-state index contributed by atoms with van der Waals surface area (Å²) in [6.45, 7) is 0. The number of esters is 2. The summed E-state index contributed by atoms with van der Waals surface area (Å²) in [4.78, 5) is 25.5. The van der Waals surface area contributed by atoms with Crippen LogP contribution in [0.1, 0.15) is 75.3 Å². The topological polar surface area (TPSA) is 71.1 Å². The Balaban J connectivity index is 1.68. The normalized spacial score (nSPS) is 15.6. The largest absolute Gasteiger partial charge is 0.442 e. The molecule has 0 fully saturated rings. The lowest BCUT2D eigenvalue weighted by Gasteiger charge is -2.32. The monoisotopic (exact) mass is 734 g/mol. The van der Waals surface area contributed by atoms with Crippen molar-refractivity contribution in [1.82, 2.24) is 0 Å². The van der Waals surface area contributed by atoms with E-state index in [1.54, 1.807) is 12.2 Å². The average molecular weight is 735 g/mol. The summed E-state index contributed by atoms with van der Waals surface area (Å²) in [7, 11) is 1.57. The van der Waals surface area contributed by atoms with Gasteiger partial charge in [0.1, 0.15) is 0 Å². The molecule has 6 nitrogen and oxygen atoms in total. The van der Waals surface area contributed by atoms with Crippen molar-refractivity contribution in [3.8, 4) is 24.7 Å². The molecule has 0 saturated carbocycles. The molecule has 0 aromatic heterocycles. The third-order valence-corrected chi connectivity index (χ3v) is 8.26. The Morgan fingerprint density at radius 3 is 1.17 bits per heavy atom. The van der Waals surface area contributed by atoms with Gasteiger partial charge in [-0.25, -0.2) is 9.59 Å². The molecule has 0 unspecified atom stereocenters. The smallest absolute Gasteiger partial charge is 0.432 e. The van der Waals surface area contributed by atoms with Crippen molar-refractivity contribution in [2.24, 2.45) is 0 Å². The summed E-state index contributed by atoms with van der Waals surface area (Å²) in [5.74, 6) is 1.05. The molecule has 0 aliphatic heterocycles. The van der Waals surface area contributed by atoms with E-state index in [0.717, 1.165) is 89.9 Å². The second-order valence-corrected chi connectivity index (χ2v) is 11.7. The lowest BCUT2D eigenvalue weighted by molar-refractivity contribution is -0.277.